The Bertz CT molecular complexity index is 345. The summed E-state index contributed by atoms with van der Waals surface area (Å²) in [6, 6.07) is 2.52. The highest BCUT2D eigenvalue weighted by atomic mass is 15.2. The normalized spacial score (nSPS) is 10.9. The van der Waals surface area contributed by atoms with E-state index < -0.39 is 0 Å². The van der Waals surface area contributed by atoms with Crippen molar-refractivity contribution in [1.29, 1.82) is 0 Å². The summed E-state index contributed by atoms with van der Waals surface area (Å²) in [6.07, 6.45) is 0. The molecule has 4 nitrogen and oxygen atoms in total. The van der Waals surface area contributed by atoms with Crippen LogP contribution < -0.4 is 10.2 Å². The second kappa shape index (κ2) is 6.55. The zero-order chi connectivity index (χ0) is 12.8. The summed E-state index contributed by atoms with van der Waals surface area (Å²) >= 11 is 0. The fourth-order valence-electron chi connectivity index (χ4n) is 1.66. The Morgan fingerprint density at radius 2 is 1.88 bits per heavy atom. The lowest BCUT2D eigenvalue weighted by Gasteiger charge is -2.19. The molecule has 17 heavy (non-hydrogen) atoms. The smallest absolute Gasteiger partial charge is 0.225 e. The maximum atomic E-state index is 4.60. The van der Waals surface area contributed by atoms with E-state index in [2.05, 4.69) is 47.9 Å². The van der Waals surface area contributed by atoms with Crippen LogP contribution in [0.15, 0.2) is 6.07 Å². The van der Waals surface area contributed by atoms with Crippen LogP contribution in [-0.4, -0.2) is 29.1 Å². The maximum Gasteiger partial charge on any atom is 0.225 e. The second-order valence-corrected chi connectivity index (χ2v) is 4.51. The SMILES string of the molecule is CCN(CC)c1nc(C)cc(CNC(C)C)n1. The van der Waals surface area contributed by atoms with Crippen LogP contribution in [0.5, 0.6) is 0 Å². The van der Waals surface area contributed by atoms with Crippen LogP contribution in [0.4, 0.5) is 5.95 Å². The average molecular weight is 236 g/mol. The van der Waals surface area contributed by atoms with Gasteiger partial charge < -0.3 is 10.2 Å². The highest BCUT2D eigenvalue weighted by Gasteiger charge is 2.08. The fourth-order valence-corrected chi connectivity index (χ4v) is 1.66. The minimum Gasteiger partial charge on any atom is -0.341 e. The Balaban J connectivity index is 2.85. The number of nitrogens with zero attached hydrogens (tertiary/aromatic N) is 3. The summed E-state index contributed by atoms with van der Waals surface area (Å²) in [7, 11) is 0. The van der Waals surface area contributed by atoms with Gasteiger partial charge in [0.15, 0.2) is 0 Å². The number of hydrogen-bond donors (Lipinski definition) is 1. The highest BCUT2D eigenvalue weighted by Crippen LogP contribution is 2.10. The molecular formula is C13H24N4. The van der Waals surface area contributed by atoms with E-state index in [1.165, 1.54) is 0 Å². The van der Waals surface area contributed by atoms with E-state index >= 15 is 0 Å². The van der Waals surface area contributed by atoms with E-state index in [0.29, 0.717) is 6.04 Å². The standard InChI is InChI=1S/C13H24N4/c1-6-17(7-2)13-15-11(5)8-12(16-13)9-14-10(3)4/h8,10,14H,6-7,9H2,1-5H3. The first kappa shape index (κ1) is 13.9. The van der Waals surface area contributed by atoms with Crippen LogP contribution in [0.3, 0.4) is 0 Å². The second-order valence-electron chi connectivity index (χ2n) is 4.51. The van der Waals surface area contributed by atoms with Gasteiger partial charge in [-0.25, -0.2) is 9.97 Å². The van der Waals surface area contributed by atoms with Gasteiger partial charge in [-0.2, -0.15) is 0 Å². The van der Waals surface area contributed by atoms with Gasteiger partial charge in [-0.15, -0.1) is 0 Å². The van der Waals surface area contributed by atoms with Crippen molar-refractivity contribution in [1.82, 2.24) is 15.3 Å². The molecule has 0 saturated carbocycles. The molecule has 1 rings (SSSR count). The first-order valence-corrected chi connectivity index (χ1v) is 6.39. The lowest BCUT2D eigenvalue weighted by Crippen LogP contribution is -2.26. The van der Waals surface area contributed by atoms with E-state index in [4.69, 9.17) is 0 Å². The summed E-state index contributed by atoms with van der Waals surface area (Å²) in [5.74, 6) is 0.843. The highest BCUT2D eigenvalue weighted by molar-refractivity contribution is 5.31. The molecule has 0 unspecified atom stereocenters. The van der Waals surface area contributed by atoms with Gasteiger partial charge in [0, 0.05) is 31.4 Å². The van der Waals surface area contributed by atoms with Gasteiger partial charge in [-0.3, -0.25) is 0 Å². The Labute approximate surface area is 104 Å². The van der Waals surface area contributed by atoms with Crippen LogP contribution >= 0.6 is 0 Å². The molecule has 0 aromatic carbocycles. The van der Waals surface area contributed by atoms with Crippen LogP contribution in [0.1, 0.15) is 39.1 Å². The van der Waals surface area contributed by atoms with Crippen molar-refractivity contribution < 1.29 is 0 Å². The van der Waals surface area contributed by atoms with Crippen molar-refractivity contribution in [2.45, 2.75) is 47.2 Å². The molecule has 0 bridgehead atoms. The molecule has 0 radical (unpaired) electrons. The first-order chi connectivity index (χ1) is 8.06. The van der Waals surface area contributed by atoms with Crippen LogP contribution in [0.2, 0.25) is 0 Å². The molecule has 0 atom stereocenters. The molecule has 0 aliphatic carbocycles. The van der Waals surface area contributed by atoms with Crippen molar-refractivity contribution in [3.8, 4) is 0 Å². The minimum atomic E-state index is 0.474. The Morgan fingerprint density at radius 1 is 1.24 bits per heavy atom. The summed E-state index contributed by atoms with van der Waals surface area (Å²) in [6.45, 7) is 13.2. The summed E-state index contributed by atoms with van der Waals surface area (Å²) in [5.41, 5.74) is 2.09. The van der Waals surface area contributed by atoms with Crippen LogP contribution in [0.25, 0.3) is 0 Å². The quantitative estimate of drug-likeness (QED) is 0.821. The number of hydrogen-bond acceptors (Lipinski definition) is 4. The average Bonchev–Trinajstić information content (AvgIpc) is 2.27. The molecule has 96 valence electrons. The summed E-state index contributed by atoms with van der Waals surface area (Å²) in [4.78, 5) is 11.3. The van der Waals surface area contributed by atoms with Gasteiger partial charge in [-0.05, 0) is 26.8 Å². The van der Waals surface area contributed by atoms with Gasteiger partial charge in [0.2, 0.25) is 5.95 Å². The zero-order valence-corrected chi connectivity index (χ0v) is 11.6. The molecule has 1 aromatic rings. The molecule has 0 fully saturated rings. The predicted octanol–water partition coefficient (Wildman–Crippen LogP) is 2.13. The molecule has 0 saturated heterocycles. The third-order valence-corrected chi connectivity index (χ3v) is 2.63. The van der Waals surface area contributed by atoms with E-state index in [1.54, 1.807) is 0 Å². The minimum absolute atomic E-state index is 0.474. The fraction of sp³-hybridized carbons (Fsp3) is 0.692. The molecule has 0 aliphatic rings. The number of rotatable bonds is 6. The molecule has 0 aliphatic heterocycles. The third kappa shape index (κ3) is 4.30. The number of anilines is 1. The number of aryl methyl sites for hydroxylation is 1. The lowest BCUT2D eigenvalue weighted by molar-refractivity contribution is 0.579. The van der Waals surface area contributed by atoms with Gasteiger partial charge in [0.25, 0.3) is 0 Å². The molecule has 1 N–H and O–H groups in total. The Kier molecular flexibility index (Phi) is 5.35. The first-order valence-electron chi connectivity index (χ1n) is 6.39. The van der Waals surface area contributed by atoms with E-state index in [-0.39, 0.29) is 0 Å². The van der Waals surface area contributed by atoms with Crippen molar-refractivity contribution in [3.05, 3.63) is 17.5 Å². The Morgan fingerprint density at radius 3 is 2.41 bits per heavy atom. The molecule has 4 heteroatoms. The maximum absolute atomic E-state index is 4.60. The van der Waals surface area contributed by atoms with E-state index in [1.807, 2.05) is 13.0 Å². The van der Waals surface area contributed by atoms with Crippen LogP contribution in [-0.2, 0) is 6.54 Å². The monoisotopic (exact) mass is 236 g/mol. The predicted molar refractivity (Wildman–Crippen MR) is 72.3 cm³/mol. The Hall–Kier alpha value is -1.16. The van der Waals surface area contributed by atoms with Crippen molar-refractivity contribution in [2.24, 2.45) is 0 Å². The summed E-state index contributed by atoms with van der Waals surface area (Å²) in [5, 5.41) is 3.38. The van der Waals surface area contributed by atoms with Crippen molar-refractivity contribution in [3.63, 3.8) is 0 Å². The molecule has 0 amide bonds. The van der Waals surface area contributed by atoms with E-state index in [9.17, 15) is 0 Å². The summed E-state index contributed by atoms with van der Waals surface area (Å²) < 4.78 is 0. The van der Waals surface area contributed by atoms with Gasteiger partial charge in [-0.1, -0.05) is 13.8 Å². The molecule has 1 aromatic heterocycles. The van der Waals surface area contributed by atoms with Crippen molar-refractivity contribution in [2.75, 3.05) is 18.0 Å². The van der Waals surface area contributed by atoms with Crippen LogP contribution in [0, 0.1) is 6.92 Å². The largest absolute Gasteiger partial charge is 0.341 e. The molecular weight excluding hydrogens is 212 g/mol. The molecule has 1 heterocycles. The van der Waals surface area contributed by atoms with E-state index in [0.717, 1.165) is 37.0 Å². The third-order valence-electron chi connectivity index (χ3n) is 2.63. The van der Waals surface area contributed by atoms with Crippen molar-refractivity contribution >= 4 is 5.95 Å². The van der Waals surface area contributed by atoms with Gasteiger partial charge >= 0.3 is 0 Å². The molecule has 0 spiro atoms. The lowest BCUT2D eigenvalue weighted by atomic mass is 10.3. The topological polar surface area (TPSA) is 41.1 Å². The number of aromatic nitrogens is 2. The zero-order valence-electron chi connectivity index (χ0n) is 11.6. The van der Waals surface area contributed by atoms with Gasteiger partial charge in [0.05, 0.1) is 5.69 Å². The van der Waals surface area contributed by atoms with Gasteiger partial charge in [0.1, 0.15) is 0 Å². The number of nitrogens with one attached hydrogen (secondary N) is 1.